The molecule has 3 aromatic rings. The molecule has 1 fully saturated rings. The minimum Gasteiger partial charge on any atom is -0.496 e. The standard InChI is InChI=1S/C19H20N4O5S/c1-27-15-8-3-2-7-14(15)18-20-17(21-28-18)13-22-10-6-9-16(19(22)24)29(25,26)23-11-4-5-12-23/h2-3,6-10H,4-5,11-13H2,1H3. The molecular formula is C19H20N4O5S. The summed E-state index contributed by atoms with van der Waals surface area (Å²) >= 11 is 0. The molecule has 29 heavy (non-hydrogen) atoms. The number of para-hydroxylation sites is 1. The van der Waals surface area contributed by atoms with Gasteiger partial charge < -0.3 is 13.8 Å². The third-order valence-corrected chi connectivity index (χ3v) is 6.70. The number of hydrogen-bond donors (Lipinski definition) is 0. The summed E-state index contributed by atoms with van der Waals surface area (Å²) in [4.78, 5) is 16.9. The van der Waals surface area contributed by atoms with Crippen LogP contribution in [0.25, 0.3) is 11.5 Å². The minimum absolute atomic E-state index is 0.0131. The van der Waals surface area contributed by atoms with E-state index in [4.69, 9.17) is 9.26 Å². The molecule has 1 saturated heterocycles. The lowest BCUT2D eigenvalue weighted by molar-refractivity contribution is 0.402. The summed E-state index contributed by atoms with van der Waals surface area (Å²) in [5, 5.41) is 3.91. The summed E-state index contributed by atoms with van der Waals surface area (Å²) in [7, 11) is -2.27. The molecule has 1 aromatic carbocycles. The summed E-state index contributed by atoms with van der Waals surface area (Å²) in [5.74, 6) is 1.09. The van der Waals surface area contributed by atoms with Crippen LogP contribution < -0.4 is 10.3 Å². The summed E-state index contributed by atoms with van der Waals surface area (Å²) in [6.07, 6.45) is 3.11. The third-order valence-electron chi connectivity index (χ3n) is 4.79. The van der Waals surface area contributed by atoms with Crippen molar-refractivity contribution in [2.45, 2.75) is 24.3 Å². The lowest BCUT2D eigenvalue weighted by Crippen LogP contribution is -2.34. The Morgan fingerprint density at radius 2 is 1.90 bits per heavy atom. The maximum absolute atomic E-state index is 12.8. The van der Waals surface area contributed by atoms with Gasteiger partial charge in [-0.3, -0.25) is 4.79 Å². The molecule has 1 aliphatic heterocycles. The third kappa shape index (κ3) is 3.68. The van der Waals surface area contributed by atoms with Crippen molar-refractivity contribution in [2.75, 3.05) is 20.2 Å². The number of methoxy groups -OCH3 is 1. The van der Waals surface area contributed by atoms with Gasteiger partial charge in [0, 0.05) is 19.3 Å². The largest absolute Gasteiger partial charge is 0.496 e. The Kier molecular flexibility index (Phi) is 5.20. The molecule has 0 unspecified atom stereocenters. The van der Waals surface area contributed by atoms with Gasteiger partial charge in [0.25, 0.3) is 11.4 Å². The predicted octanol–water partition coefficient (Wildman–Crippen LogP) is 1.74. The van der Waals surface area contributed by atoms with E-state index in [2.05, 4.69) is 10.1 Å². The van der Waals surface area contributed by atoms with Crippen molar-refractivity contribution in [3.05, 3.63) is 58.8 Å². The maximum atomic E-state index is 12.8. The van der Waals surface area contributed by atoms with Gasteiger partial charge in [0.15, 0.2) is 5.82 Å². The van der Waals surface area contributed by atoms with E-state index < -0.39 is 15.6 Å². The second-order valence-corrected chi connectivity index (χ2v) is 8.54. The van der Waals surface area contributed by atoms with E-state index in [-0.39, 0.29) is 23.2 Å². The highest BCUT2D eigenvalue weighted by Crippen LogP contribution is 2.28. The Morgan fingerprint density at radius 3 is 2.66 bits per heavy atom. The molecule has 0 spiro atoms. The van der Waals surface area contributed by atoms with E-state index in [9.17, 15) is 13.2 Å². The number of hydrogen-bond acceptors (Lipinski definition) is 7. The fraction of sp³-hybridized carbons (Fsp3) is 0.316. The van der Waals surface area contributed by atoms with Gasteiger partial charge >= 0.3 is 0 Å². The van der Waals surface area contributed by atoms with Crippen LogP contribution >= 0.6 is 0 Å². The number of aromatic nitrogens is 3. The molecule has 0 atom stereocenters. The number of nitrogens with zero attached hydrogens (tertiary/aromatic N) is 4. The van der Waals surface area contributed by atoms with Crippen LogP contribution in [0.2, 0.25) is 0 Å². The lowest BCUT2D eigenvalue weighted by atomic mass is 10.2. The van der Waals surface area contributed by atoms with Crippen LogP contribution in [0.4, 0.5) is 0 Å². The zero-order valence-electron chi connectivity index (χ0n) is 15.8. The fourth-order valence-electron chi connectivity index (χ4n) is 3.30. The Hall–Kier alpha value is -2.98. The molecule has 3 heterocycles. The fourth-order valence-corrected chi connectivity index (χ4v) is 4.91. The molecule has 0 radical (unpaired) electrons. The van der Waals surface area contributed by atoms with Crippen molar-refractivity contribution in [3.8, 4) is 17.2 Å². The maximum Gasteiger partial charge on any atom is 0.271 e. The van der Waals surface area contributed by atoms with E-state index in [1.165, 1.54) is 27.2 Å². The van der Waals surface area contributed by atoms with Crippen molar-refractivity contribution in [3.63, 3.8) is 0 Å². The molecule has 0 amide bonds. The van der Waals surface area contributed by atoms with E-state index in [1.54, 1.807) is 19.2 Å². The van der Waals surface area contributed by atoms with Crippen LogP contribution in [0.15, 0.2) is 56.8 Å². The number of sulfonamides is 1. The van der Waals surface area contributed by atoms with E-state index in [0.29, 0.717) is 24.4 Å². The van der Waals surface area contributed by atoms with E-state index in [0.717, 1.165) is 12.8 Å². The predicted molar refractivity (Wildman–Crippen MR) is 104 cm³/mol. The summed E-state index contributed by atoms with van der Waals surface area (Å²) in [6.45, 7) is 0.856. The number of pyridine rings is 1. The quantitative estimate of drug-likeness (QED) is 0.602. The molecule has 4 rings (SSSR count). The smallest absolute Gasteiger partial charge is 0.271 e. The first-order chi connectivity index (χ1) is 14.0. The van der Waals surface area contributed by atoms with Gasteiger partial charge in [-0.1, -0.05) is 17.3 Å². The van der Waals surface area contributed by atoms with Gasteiger partial charge in [0.1, 0.15) is 10.6 Å². The first-order valence-electron chi connectivity index (χ1n) is 9.16. The summed E-state index contributed by atoms with van der Waals surface area (Å²) < 4.78 is 38.7. The highest BCUT2D eigenvalue weighted by Gasteiger charge is 2.30. The van der Waals surface area contributed by atoms with Crippen molar-refractivity contribution >= 4 is 10.0 Å². The van der Waals surface area contributed by atoms with Gasteiger partial charge in [-0.15, -0.1) is 0 Å². The molecule has 152 valence electrons. The lowest BCUT2D eigenvalue weighted by Gasteiger charge is -2.15. The molecule has 0 bridgehead atoms. The molecule has 2 aromatic heterocycles. The average molecular weight is 416 g/mol. The van der Waals surface area contributed by atoms with Crippen LogP contribution in [0.1, 0.15) is 18.7 Å². The van der Waals surface area contributed by atoms with Crippen LogP contribution in [0.3, 0.4) is 0 Å². The summed E-state index contributed by atoms with van der Waals surface area (Å²) in [5.41, 5.74) is 0.0227. The molecule has 10 heteroatoms. The molecule has 9 nitrogen and oxygen atoms in total. The highest BCUT2D eigenvalue weighted by atomic mass is 32.2. The van der Waals surface area contributed by atoms with Gasteiger partial charge in [0.05, 0.1) is 19.2 Å². The Morgan fingerprint density at radius 1 is 1.14 bits per heavy atom. The first-order valence-corrected chi connectivity index (χ1v) is 10.6. The van der Waals surface area contributed by atoms with Crippen molar-refractivity contribution in [2.24, 2.45) is 0 Å². The van der Waals surface area contributed by atoms with Gasteiger partial charge in [-0.05, 0) is 37.1 Å². The second kappa shape index (κ2) is 7.80. The van der Waals surface area contributed by atoms with E-state index in [1.807, 2.05) is 12.1 Å². The van der Waals surface area contributed by atoms with Crippen LogP contribution in [0, 0.1) is 0 Å². The molecule has 1 aliphatic rings. The highest BCUT2D eigenvalue weighted by molar-refractivity contribution is 7.89. The van der Waals surface area contributed by atoms with Gasteiger partial charge in [-0.2, -0.15) is 9.29 Å². The molecule has 0 N–H and O–H groups in total. The average Bonchev–Trinajstić information content (AvgIpc) is 3.42. The zero-order chi connectivity index (χ0) is 20.4. The van der Waals surface area contributed by atoms with Crippen LogP contribution in [-0.4, -0.2) is 47.6 Å². The Balaban J connectivity index is 1.63. The molecule has 0 aliphatic carbocycles. The minimum atomic E-state index is -3.81. The van der Waals surface area contributed by atoms with Gasteiger partial charge in [0.2, 0.25) is 10.0 Å². The number of ether oxygens (including phenoxy) is 1. The Labute approximate surface area is 167 Å². The number of rotatable bonds is 6. The van der Waals surface area contributed by atoms with Crippen molar-refractivity contribution < 1.29 is 17.7 Å². The first kappa shape index (κ1) is 19.3. The summed E-state index contributed by atoms with van der Waals surface area (Å²) in [6, 6.07) is 10.1. The van der Waals surface area contributed by atoms with Crippen LogP contribution in [0.5, 0.6) is 5.75 Å². The SMILES string of the molecule is COc1ccccc1-c1nc(Cn2cccc(S(=O)(=O)N3CCCC3)c2=O)no1. The molecule has 0 saturated carbocycles. The Bertz CT molecular complexity index is 1180. The van der Waals surface area contributed by atoms with Crippen molar-refractivity contribution in [1.29, 1.82) is 0 Å². The van der Waals surface area contributed by atoms with Crippen molar-refractivity contribution in [1.82, 2.24) is 19.0 Å². The normalized spacial score (nSPS) is 14.9. The topological polar surface area (TPSA) is 108 Å². The van der Waals surface area contributed by atoms with Gasteiger partial charge in [-0.25, -0.2) is 8.42 Å². The molecular weight excluding hydrogens is 396 g/mol. The zero-order valence-corrected chi connectivity index (χ0v) is 16.6. The second-order valence-electron chi connectivity index (χ2n) is 6.63. The van der Waals surface area contributed by atoms with E-state index >= 15 is 0 Å². The monoisotopic (exact) mass is 416 g/mol. The number of benzene rings is 1. The van der Waals surface area contributed by atoms with Crippen LogP contribution in [-0.2, 0) is 16.6 Å².